The Bertz CT molecular complexity index is 6460. The Kier molecular flexibility index (Phi) is 13.6. The Labute approximate surface area is 568 Å². The minimum absolute atomic E-state index is 0.753. The fourth-order valence-electron chi connectivity index (χ4n) is 14.4. The molecule has 0 saturated carbocycles. The van der Waals surface area contributed by atoms with Gasteiger partial charge in [0.15, 0.2) is 0 Å². The van der Waals surface area contributed by atoms with E-state index in [2.05, 4.69) is 279 Å². The van der Waals surface area contributed by atoms with E-state index in [-0.39, 0.29) is 0 Å². The highest BCUT2D eigenvalue weighted by Gasteiger charge is 2.22. The first-order valence-electron chi connectivity index (χ1n) is 33.2. The van der Waals surface area contributed by atoms with Crippen LogP contribution in [0.25, 0.3) is 166 Å². The fourth-order valence-corrected chi connectivity index (χ4v) is 14.4. The molecule has 0 fully saturated rings. The third-order valence-electron chi connectivity index (χ3n) is 19.1. The van der Waals surface area contributed by atoms with Crippen molar-refractivity contribution >= 4 is 115 Å². The van der Waals surface area contributed by atoms with Crippen molar-refractivity contribution in [3.63, 3.8) is 0 Å². The van der Waals surface area contributed by atoms with Crippen LogP contribution in [-0.4, -0.2) is 43.7 Å². The molecule has 8 heterocycles. The van der Waals surface area contributed by atoms with Crippen molar-refractivity contribution < 1.29 is 0 Å². The van der Waals surface area contributed by atoms with Crippen LogP contribution in [0.2, 0.25) is 0 Å². The van der Waals surface area contributed by atoms with Gasteiger partial charge in [-0.3, -0.25) is 23.8 Å². The molecule has 462 valence electrons. The van der Waals surface area contributed by atoms with Crippen molar-refractivity contribution in [2.75, 3.05) is 4.90 Å². The van der Waals surface area contributed by atoms with Crippen LogP contribution < -0.4 is 4.90 Å². The number of anilines is 3. The second-order valence-electron chi connectivity index (χ2n) is 24.9. The highest BCUT2D eigenvalue weighted by atomic mass is 15.1. The number of benzene rings is 12. The summed E-state index contributed by atoms with van der Waals surface area (Å²) >= 11 is 0. The van der Waals surface area contributed by atoms with Crippen molar-refractivity contribution in [2.45, 2.75) is 0 Å². The zero-order valence-corrected chi connectivity index (χ0v) is 53.3. The average molecular weight is 1270 g/mol. The first-order chi connectivity index (χ1) is 49.1. The van der Waals surface area contributed by atoms with Gasteiger partial charge in [-0.05, 0) is 177 Å². The second-order valence-corrected chi connectivity index (χ2v) is 24.9. The van der Waals surface area contributed by atoms with Crippen molar-refractivity contribution in [3.05, 3.63) is 340 Å². The zero-order chi connectivity index (χ0) is 65.3. The molecule has 0 atom stereocenters. The minimum Gasteiger partial charge on any atom is -0.311 e. The van der Waals surface area contributed by atoms with E-state index in [1.807, 2.05) is 85.3 Å². The fraction of sp³-hybridized carbons (Fsp3) is 0. The number of para-hydroxylation sites is 2. The summed E-state index contributed by atoms with van der Waals surface area (Å²) in [6, 6.07) is 108. The van der Waals surface area contributed by atoms with Gasteiger partial charge >= 0.3 is 0 Å². The molecule has 8 aromatic heterocycles. The predicted molar refractivity (Wildman–Crippen MR) is 407 cm³/mol. The van der Waals surface area contributed by atoms with Gasteiger partial charge in [-0.15, -0.1) is 0 Å². The Balaban J connectivity index is 0.000000139. The maximum Gasteiger partial charge on any atom is 0.137 e. The van der Waals surface area contributed by atoms with Crippen LogP contribution in [0.15, 0.2) is 340 Å². The summed E-state index contributed by atoms with van der Waals surface area (Å²) in [6.07, 6.45) is 9.69. The first-order valence-corrected chi connectivity index (χ1v) is 33.2. The molecule has 0 aliphatic heterocycles. The Morgan fingerprint density at radius 3 is 1.22 bits per heavy atom. The largest absolute Gasteiger partial charge is 0.311 e. The lowest BCUT2D eigenvalue weighted by Crippen LogP contribution is -2.09. The number of hydrogen-bond acceptors (Lipinski definition) is 8. The number of rotatable bonds is 9. The van der Waals surface area contributed by atoms with Crippen molar-refractivity contribution in [2.24, 2.45) is 0 Å². The van der Waals surface area contributed by atoms with Crippen molar-refractivity contribution in [1.82, 2.24) is 43.7 Å². The highest BCUT2D eigenvalue weighted by Crippen LogP contribution is 2.44. The van der Waals surface area contributed by atoms with Crippen LogP contribution in [0.5, 0.6) is 0 Å². The van der Waals surface area contributed by atoms with Crippen molar-refractivity contribution in [1.29, 1.82) is 0 Å². The zero-order valence-electron chi connectivity index (χ0n) is 53.3. The molecule has 20 rings (SSSR count). The molecule has 12 aromatic carbocycles. The van der Waals surface area contributed by atoms with E-state index in [1.165, 1.54) is 38.4 Å². The molecule has 0 amide bonds. The summed E-state index contributed by atoms with van der Waals surface area (Å²) in [5, 5.41) is 11.3. The summed E-state index contributed by atoms with van der Waals surface area (Å²) in [7, 11) is 0. The van der Waals surface area contributed by atoms with E-state index in [0.717, 1.165) is 144 Å². The molecule has 0 aliphatic carbocycles. The Hall–Kier alpha value is -13.6. The van der Waals surface area contributed by atoms with Crippen LogP contribution in [0.4, 0.5) is 17.1 Å². The predicted octanol–water partition coefficient (Wildman–Crippen LogP) is 22.3. The third kappa shape index (κ3) is 9.92. The quantitative estimate of drug-likeness (QED) is 0.132. The normalized spacial score (nSPS) is 11.6. The maximum atomic E-state index is 5.30. The number of imidazole rings is 2. The molecule has 10 nitrogen and oxygen atoms in total. The summed E-state index contributed by atoms with van der Waals surface area (Å²) in [5.41, 5.74) is 23.2. The monoisotopic (exact) mass is 1260 g/mol. The minimum atomic E-state index is 0.753. The molecule has 0 bridgehead atoms. The van der Waals surface area contributed by atoms with Gasteiger partial charge in [-0.1, -0.05) is 182 Å². The lowest BCUT2D eigenvalue weighted by Gasteiger charge is -2.25. The molecule has 0 aliphatic rings. The molecule has 10 heteroatoms. The summed E-state index contributed by atoms with van der Waals surface area (Å²) in [4.78, 5) is 37.1. The van der Waals surface area contributed by atoms with E-state index in [0.29, 0.717) is 0 Å². The lowest BCUT2D eigenvalue weighted by atomic mass is 9.93. The van der Waals surface area contributed by atoms with Gasteiger partial charge in [-0.2, -0.15) is 0 Å². The number of hydrogen-bond donors (Lipinski definition) is 0. The van der Waals surface area contributed by atoms with Crippen LogP contribution in [0.3, 0.4) is 0 Å². The molecule has 0 radical (unpaired) electrons. The van der Waals surface area contributed by atoms with Gasteiger partial charge in [-0.25, -0.2) is 19.9 Å². The summed E-state index contributed by atoms with van der Waals surface area (Å²) in [6.45, 7) is 0. The topological polar surface area (TPSA) is 102 Å². The standard InChI is InChI=1S/C48H32N4.C41H24N6/c1-3-11-38(12-4-1)52(39-13-5-2-6-14-39)40-25-21-34(22-26-40)33-17-19-35(20-18-33)36-23-28-42-44(31-36)43-32-37(45-15-7-9-29-49-45)24-27-41(43)47-48(42)51-30-10-8-16-46(51)50-47;1-2-10-28-25(9-1)16-19-35-38(28)46-40(34-12-4-7-21-43-34)37(44-35)27-15-18-30-32(24-27)31-23-26(33-11-3-6-20-42-33)14-17-29(31)39-41(30)47-22-8-5-13-36(47)45-39/h1-32H;1-24H. The van der Waals surface area contributed by atoms with Gasteiger partial charge in [0, 0.05) is 91.7 Å². The Morgan fingerprint density at radius 2 is 0.667 bits per heavy atom. The SMILES string of the molecule is c1ccc(-c2ccc3c(c2)c2cc(-c4nc5ccc6ccccc6c5nc4-c4ccccn4)ccc2c2c3nc3ccccn32)nc1.c1ccc(N(c2ccccc2)c2ccc(-c3ccc(-c4ccc5c(c4)c4cc(-c6ccccn6)ccc4c4nc6ccccn6c54)cc3)cc2)cc1. The molecule has 0 N–H and O–H groups in total. The molecule has 20 aromatic rings. The summed E-state index contributed by atoms with van der Waals surface area (Å²) < 4.78 is 4.39. The van der Waals surface area contributed by atoms with E-state index in [4.69, 9.17) is 24.9 Å². The van der Waals surface area contributed by atoms with E-state index in [9.17, 15) is 0 Å². The smallest absolute Gasteiger partial charge is 0.137 e. The second kappa shape index (κ2) is 23.7. The highest BCUT2D eigenvalue weighted by molar-refractivity contribution is 6.26. The van der Waals surface area contributed by atoms with Crippen LogP contribution in [0.1, 0.15) is 0 Å². The van der Waals surface area contributed by atoms with Gasteiger partial charge < -0.3 is 4.90 Å². The van der Waals surface area contributed by atoms with Crippen LogP contribution in [0, 0.1) is 0 Å². The van der Waals surface area contributed by atoms with Crippen LogP contribution in [-0.2, 0) is 0 Å². The van der Waals surface area contributed by atoms with E-state index in [1.54, 1.807) is 0 Å². The van der Waals surface area contributed by atoms with E-state index < -0.39 is 0 Å². The third-order valence-corrected chi connectivity index (χ3v) is 19.1. The number of pyridine rings is 5. The van der Waals surface area contributed by atoms with Gasteiger partial charge in [0.05, 0.1) is 55.9 Å². The number of aromatic nitrogens is 9. The molecular weight excluding hydrogens is 1210 g/mol. The molecular formula is C89H56N10. The van der Waals surface area contributed by atoms with Crippen LogP contribution >= 0.6 is 0 Å². The number of fused-ring (bicyclic) bond motifs is 19. The lowest BCUT2D eigenvalue weighted by molar-refractivity contribution is 1.23. The Morgan fingerprint density at radius 1 is 0.242 bits per heavy atom. The van der Waals surface area contributed by atoms with Gasteiger partial charge in [0.1, 0.15) is 17.0 Å². The molecule has 0 saturated heterocycles. The first kappa shape index (κ1) is 56.9. The maximum absolute atomic E-state index is 5.30. The molecule has 99 heavy (non-hydrogen) atoms. The molecule has 0 spiro atoms. The molecule has 0 unspecified atom stereocenters. The van der Waals surface area contributed by atoms with Gasteiger partial charge in [0.2, 0.25) is 0 Å². The van der Waals surface area contributed by atoms with Crippen molar-refractivity contribution in [3.8, 4) is 67.4 Å². The van der Waals surface area contributed by atoms with E-state index >= 15 is 0 Å². The number of nitrogens with zero attached hydrogens (tertiary/aromatic N) is 10. The average Bonchev–Trinajstić information content (AvgIpc) is 1.66. The van der Waals surface area contributed by atoms with Gasteiger partial charge in [0.25, 0.3) is 0 Å². The summed E-state index contributed by atoms with van der Waals surface area (Å²) in [5.74, 6) is 0.